The van der Waals surface area contributed by atoms with E-state index in [0.717, 1.165) is 25.0 Å². The zero-order valence-corrected chi connectivity index (χ0v) is 12.1. The smallest absolute Gasteiger partial charge is 0.276 e. The van der Waals surface area contributed by atoms with Gasteiger partial charge in [-0.05, 0) is 26.2 Å². The highest BCUT2D eigenvalue weighted by Crippen LogP contribution is 2.42. The van der Waals surface area contributed by atoms with Crippen LogP contribution in [-0.4, -0.2) is 46.3 Å². The van der Waals surface area contributed by atoms with Crippen molar-refractivity contribution in [3.8, 4) is 0 Å². The van der Waals surface area contributed by atoms with E-state index in [0.29, 0.717) is 30.5 Å². The zero-order chi connectivity index (χ0) is 14.3. The third-order valence-electron chi connectivity index (χ3n) is 4.22. The molecule has 2 aliphatic rings. The molecule has 0 radical (unpaired) electrons. The molecule has 1 amide bonds. The van der Waals surface area contributed by atoms with Gasteiger partial charge in [0.05, 0.1) is 30.1 Å². The lowest BCUT2D eigenvalue weighted by Gasteiger charge is -2.38. The fourth-order valence-corrected chi connectivity index (χ4v) is 2.78. The summed E-state index contributed by atoms with van der Waals surface area (Å²) < 4.78 is 5.63. The summed E-state index contributed by atoms with van der Waals surface area (Å²) in [6.07, 6.45) is 3.20. The van der Waals surface area contributed by atoms with E-state index in [9.17, 15) is 4.79 Å². The molecule has 2 atom stereocenters. The van der Waals surface area contributed by atoms with Crippen LogP contribution in [0.15, 0.2) is 0 Å². The topological polar surface area (TPSA) is 84.2 Å². The van der Waals surface area contributed by atoms with Crippen LogP contribution in [0.25, 0.3) is 0 Å². The van der Waals surface area contributed by atoms with E-state index in [1.54, 1.807) is 0 Å². The summed E-state index contributed by atoms with van der Waals surface area (Å²) in [4.78, 5) is 14.6. The number of carbonyl (C=O) groups is 1. The van der Waals surface area contributed by atoms with Crippen molar-refractivity contribution in [2.24, 2.45) is 0 Å². The summed E-state index contributed by atoms with van der Waals surface area (Å²) in [5, 5.41) is 7.11. The molecule has 6 heteroatoms. The molecule has 1 aliphatic heterocycles. The summed E-state index contributed by atoms with van der Waals surface area (Å²) in [6.45, 7) is 5.23. The van der Waals surface area contributed by atoms with Crippen LogP contribution in [-0.2, 0) is 4.74 Å². The van der Waals surface area contributed by atoms with Crippen LogP contribution < -0.4 is 5.73 Å². The summed E-state index contributed by atoms with van der Waals surface area (Å²) in [7, 11) is 0. The Bertz CT molecular complexity index is 509. The number of nitrogens with two attached hydrogens (primary N) is 1. The average molecular weight is 278 g/mol. The first-order valence-electron chi connectivity index (χ1n) is 7.38. The van der Waals surface area contributed by atoms with E-state index >= 15 is 0 Å². The van der Waals surface area contributed by atoms with Crippen molar-refractivity contribution in [3.05, 3.63) is 11.4 Å². The lowest BCUT2D eigenvalue weighted by molar-refractivity contribution is -0.0445. The number of H-pyrrole nitrogens is 1. The Balaban J connectivity index is 1.83. The molecule has 0 spiro atoms. The van der Waals surface area contributed by atoms with Crippen molar-refractivity contribution in [1.29, 1.82) is 0 Å². The van der Waals surface area contributed by atoms with Crippen molar-refractivity contribution >= 4 is 11.6 Å². The molecule has 2 heterocycles. The molecule has 1 saturated heterocycles. The molecule has 110 valence electrons. The highest BCUT2D eigenvalue weighted by atomic mass is 16.5. The van der Waals surface area contributed by atoms with Crippen molar-refractivity contribution in [3.63, 3.8) is 0 Å². The largest absolute Gasteiger partial charge is 0.395 e. The van der Waals surface area contributed by atoms with Gasteiger partial charge in [-0.3, -0.25) is 9.89 Å². The third-order valence-corrected chi connectivity index (χ3v) is 4.22. The van der Waals surface area contributed by atoms with Gasteiger partial charge in [0.15, 0.2) is 5.69 Å². The van der Waals surface area contributed by atoms with Crippen LogP contribution >= 0.6 is 0 Å². The minimum Gasteiger partial charge on any atom is -0.395 e. The van der Waals surface area contributed by atoms with Gasteiger partial charge in [0.2, 0.25) is 0 Å². The molecule has 1 aliphatic carbocycles. The van der Waals surface area contributed by atoms with E-state index in [1.807, 2.05) is 11.8 Å². The Morgan fingerprint density at radius 2 is 2.30 bits per heavy atom. The highest BCUT2D eigenvalue weighted by molar-refractivity contribution is 5.98. The quantitative estimate of drug-likeness (QED) is 0.877. The van der Waals surface area contributed by atoms with E-state index in [-0.39, 0.29) is 18.1 Å². The number of aromatic nitrogens is 2. The molecule has 6 nitrogen and oxygen atoms in total. The molecular formula is C14H22N4O2. The number of nitrogen functional groups attached to an aromatic ring is 1. The third kappa shape index (κ3) is 2.28. The number of nitrogens with zero attached hydrogens (tertiary/aromatic N) is 2. The van der Waals surface area contributed by atoms with Gasteiger partial charge in [-0.2, -0.15) is 5.10 Å². The summed E-state index contributed by atoms with van der Waals surface area (Å²) in [5.41, 5.74) is 7.94. The van der Waals surface area contributed by atoms with Crippen LogP contribution in [0.1, 0.15) is 55.2 Å². The van der Waals surface area contributed by atoms with Crippen LogP contribution in [0.3, 0.4) is 0 Å². The molecular weight excluding hydrogens is 256 g/mol. The van der Waals surface area contributed by atoms with Crippen LogP contribution in [0.2, 0.25) is 0 Å². The van der Waals surface area contributed by atoms with Gasteiger partial charge < -0.3 is 15.4 Å². The second-order valence-corrected chi connectivity index (χ2v) is 5.84. The number of amides is 1. The molecule has 0 aromatic carbocycles. The molecule has 1 saturated carbocycles. The van der Waals surface area contributed by atoms with E-state index in [4.69, 9.17) is 10.5 Å². The zero-order valence-electron chi connectivity index (χ0n) is 12.1. The Kier molecular flexibility index (Phi) is 3.41. The number of hydrogen-bond donors (Lipinski definition) is 2. The van der Waals surface area contributed by atoms with Gasteiger partial charge in [-0.25, -0.2) is 0 Å². The number of anilines is 1. The predicted molar refractivity (Wildman–Crippen MR) is 75.5 cm³/mol. The van der Waals surface area contributed by atoms with E-state index < -0.39 is 0 Å². The maximum Gasteiger partial charge on any atom is 0.276 e. The lowest BCUT2D eigenvalue weighted by atomic mass is 10.1. The Labute approximate surface area is 118 Å². The number of carbonyl (C=O) groups excluding carboxylic acids is 1. The van der Waals surface area contributed by atoms with Crippen molar-refractivity contribution in [1.82, 2.24) is 15.1 Å². The average Bonchev–Trinajstić information content (AvgIpc) is 3.21. The summed E-state index contributed by atoms with van der Waals surface area (Å²) in [5.74, 6) is 0.391. The number of hydrogen-bond acceptors (Lipinski definition) is 4. The molecule has 2 unspecified atom stereocenters. The summed E-state index contributed by atoms with van der Waals surface area (Å²) >= 11 is 0. The Morgan fingerprint density at radius 3 is 2.95 bits per heavy atom. The van der Waals surface area contributed by atoms with Gasteiger partial charge in [0.25, 0.3) is 5.91 Å². The second-order valence-electron chi connectivity index (χ2n) is 5.84. The van der Waals surface area contributed by atoms with Gasteiger partial charge in [0, 0.05) is 12.5 Å². The maximum absolute atomic E-state index is 12.7. The monoisotopic (exact) mass is 278 g/mol. The first kappa shape index (κ1) is 13.4. The predicted octanol–water partition coefficient (Wildman–Crippen LogP) is 1.51. The number of nitrogens with one attached hydrogen (secondary N) is 1. The van der Waals surface area contributed by atoms with E-state index in [1.165, 1.54) is 0 Å². The first-order valence-corrected chi connectivity index (χ1v) is 7.38. The first-order chi connectivity index (χ1) is 9.61. The SMILES string of the molecule is CCC1COC(C)CN1C(=O)c1n[nH]c(C2CC2)c1N. The van der Waals surface area contributed by atoms with Gasteiger partial charge in [0.1, 0.15) is 0 Å². The molecule has 20 heavy (non-hydrogen) atoms. The van der Waals surface area contributed by atoms with Crippen molar-refractivity contribution in [2.45, 2.75) is 51.2 Å². The van der Waals surface area contributed by atoms with Gasteiger partial charge >= 0.3 is 0 Å². The minimum atomic E-state index is -0.0762. The normalized spacial score (nSPS) is 26.8. The van der Waals surface area contributed by atoms with Crippen LogP contribution in [0, 0.1) is 0 Å². The minimum absolute atomic E-state index is 0.0600. The second kappa shape index (κ2) is 5.09. The molecule has 1 aromatic heterocycles. The highest BCUT2D eigenvalue weighted by Gasteiger charge is 2.35. The van der Waals surface area contributed by atoms with Gasteiger partial charge in [-0.15, -0.1) is 0 Å². The number of aromatic amines is 1. The fourth-order valence-electron chi connectivity index (χ4n) is 2.78. The fraction of sp³-hybridized carbons (Fsp3) is 0.714. The number of rotatable bonds is 3. The van der Waals surface area contributed by atoms with E-state index in [2.05, 4.69) is 17.1 Å². The summed E-state index contributed by atoms with van der Waals surface area (Å²) in [6, 6.07) is 0.110. The van der Waals surface area contributed by atoms with Crippen molar-refractivity contribution in [2.75, 3.05) is 18.9 Å². The lowest BCUT2D eigenvalue weighted by Crippen LogP contribution is -2.51. The maximum atomic E-state index is 12.7. The standard InChI is InChI=1S/C14H22N4O2/c1-3-10-7-20-8(2)6-18(10)14(19)13-11(15)12(16-17-13)9-4-5-9/h8-10H,3-7,15H2,1-2H3,(H,16,17). The molecule has 2 fully saturated rings. The molecule has 1 aromatic rings. The molecule has 0 bridgehead atoms. The molecule has 3 N–H and O–H groups in total. The Morgan fingerprint density at radius 1 is 1.55 bits per heavy atom. The van der Waals surface area contributed by atoms with Crippen molar-refractivity contribution < 1.29 is 9.53 Å². The van der Waals surface area contributed by atoms with Crippen LogP contribution in [0.5, 0.6) is 0 Å². The molecule has 3 rings (SSSR count). The Hall–Kier alpha value is -1.56. The number of morpholine rings is 1. The van der Waals surface area contributed by atoms with Gasteiger partial charge in [-0.1, -0.05) is 6.92 Å². The number of ether oxygens (including phenoxy) is 1. The van der Waals surface area contributed by atoms with Crippen LogP contribution in [0.4, 0.5) is 5.69 Å².